The lowest BCUT2D eigenvalue weighted by Crippen LogP contribution is -2.37. The first-order chi connectivity index (χ1) is 16.1. The molecule has 1 saturated carbocycles. The molecule has 2 N–H and O–H groups in total. The molecule has 0 aromatic heterocycles. The Morgan fingerprint density at radius 2 is 1.61 bits per heavy atom. The molecule has 0 aliphatic heterocycles. The second kappa shape index (κ2) is 11.0. The van der Waals surface area contributed by atoms with E-state index in [-0.39, 0.29) is 30.9 Å². The summed E-state index contributed by atoms with van der Waals surface area (Å²) in [5.41, 5.74) is 1.92. The number of nitrogens with one attached hydrogen (secondary N) is 1. The molecule has 4 rings (SSSR count). The van der Waals surface area contributed by atoms with Crippen molar-refractivity contribution in [3.05, 3.63) is 77.9 Å². The number of amides is 1. The van der Waals surface area contributed by atoms with Gasteiger partial charge in [-0.2, -0.15) is 0 Å². The van der Waals surface area contributed by atoms with Crippen molar-refractivity contribution in [3.63, 3.8) is 0 Å². The third-order valence-corrected chi connectivity index (χ3v) is 6.41. The van der Waals surface area contributed by atoms with E-state index in [1.54, 1.807) is 0 Å². The Bertz CT molecular complexity index is 1090. The zero-order chi connectivity index (χ0) is 23.0. The van der Waals surface area contributed by atoms with Gasteiger partial charge in [0.1, 0.15) is 5.75 Å². The summed E-state index contributed by atoms with van der Waals surface area (Å²) in [6.07, 6.45) is 6.95. The molecule has 5 nitrogen and oxygen atoms in total. The van der Waals surface area contributed by atoms with Crippen LogP contribution < -0.4 is 10.1 Å². The number of hydrogen-bond acceptors (Lipinski definition) is 3. The Hall–Kier alpha value is -3.34. The molecule has 33 heavy (non-hydrogen) atoms. The van der Waals surface area contributed by atoms with Crippen LogP contribution in [0.2, 0.25) is 0 Å². The topological polar surface area (TPSA) is 75.6 Å². The van der Waals surface area contributed by atoms with Crippen molar-refractivity contribution in [3.8, 4) is 5.75 Å². The van der Waals surface area contributed by atoms with Gasteiger partial charge in [0.2, 0.25) is 0 Å². The van der Waals surface area contributed by atoms with Crippen molar-refractivity contribution in [1.82, 2.24) is 5.32 Å². The third-order valence-electron chi connectivity index (χ3n) is 6.41. The summed E-state index contributed by atoms with van der Waals surface area (Å²) < 4.78 is 5.79. The number of carbonyl (C=O) groups excluding carboxylic acids is 1. The Morgan fingerprint density at radius 3 is 2.33 bits per heavy atom. The minimum absolute atomic E-state index is 0.00660. The summed E-state index contributed by atoms with van der Waals surface area (Å²) in [5, 5.41) is 14.6. The van der Waals surface area contributed by atoms with Crippen molar-refractivity contribution >= 4 is 22.6 Å². The Balaban J connectivity index is 1.47. The molecule has 0 saturated heterocycles. The summed E-state index contributed by atoms with van der Waals surface area (Å²) in [6, 6.07) is 21.7. The maximum Gasteiger partial charge on any atom is 0.304 e. The van der Waals surface area contributed by atoms with Gasteiger partial charge in [0.25, 0.3) is 5.91 Å². The fourth-order valence-corrected chi connectivity index (χ4v) is 4.68. The molecule has 0 bridgehead atoms. The van der Waals surface area contributed by atoms with Gasteiger partial charge in [-0.05, 0) is 46.9 Å². The predicted molar refractivity (Wildman–Crippen MR) is 130 cm³/mol. The van der Waals surface area contributed by atoms with Crippen LogP contribution >= 0.6 is 0 Å². The van der Waals surface area contributed by atoms with Crippen LogP contribution in [0.1, 0.15) is 62.0 Å². The van der Waals surface area contributed by atoms with Gasteiger partial charge in [0.15, 0.2) is 6.61 Å². The largest absolute Gasteiger partial charge is 0.484 e. The van der Waals surface area contributed by atoms with E-state index in [1.165, 1.54) is 25.7 Å². The molecular formula is C28H31NO4. The Labute approximate surface area is 194 Å². The number of fused-ring (bicyclic) bond motifs is 1. The summed E-state index contributed by atoms with van der Waals surface area (Å²) in [6.45, 7) is -0.00660. The zero-order valence-electron chi connectivity index (χ0n) is 18.8. The normalized spacial score (nSPS) is 15.5. The molecule has 1 amide bonds. The van der Waals surface area contributed by atoms with Crippen molar-refractivity contribution in [1.29, 1.82) is 0 Å². The lowest BCUT2D eigenvalue weighted by atomic mass is 9.87. The van der Waals surface area contributed by atoms with E-state index in [0.717, 1.165) is 34.7 Å². The molecule has 1 aliphatic rings. The maximum atomic E-state index is 12.4. The first kappa shape index (κ1) is 22.8. The molecule has 172 valence electrons. The van der Waals surface area contributed by atoms with E-state index in [0.29, 0.717) is 5.75 Å². The van der Waals surface area contributed by atoms with Crippen LogP contribution in [0.15, 0.2) is 66.7 Å². The van der Waals surface area contributed by atoms with Crippen LogP contribution in [0.5, 0.6) is 5.75 Å². The lowest BCUT2D eigenvalue weighted by Gasteiger charge is -2.17. The molecule has 3 aromatic carbocycles. The molecule has 5 heteroatoms. The molecule has 3 aromatic rings. The highest BCUT2D eigenvalue weighted by molar-refractivity contribution is 5.85. The van der Waals surface area contributed by atoms with Gasteiger partial charge in [0, 0.05) is 12.0 Å². The van der Waals surface area contributed by atoms with E-state index in [1.807, 2.05) is 66.7 Å². The molecule has 0 radical (unpaired) electrons. The number of carbonyl (C=O) groups is 2. The number of benzene rings is 3. The van der Waals surface area contributed by atoms with Crippen molar-refractivity contribution in [2.24, 2.45) is 0 Å². The number of rotatable bonds is 8. The van der Waals surface area contributed by atoms with Crippen LogP contribution in [0.25, 0.3) is 10.8 Å². The molecule has 1 aliphatic carbocycles. The average molecular weight is 446 g/mol. The molecule has 0 heterocycles. The number of aliphatic carboxylic acids is 1. The van der Waals surface area contributed by atoms with Crippen LogP contribution in [0.4, 0.5) is 0 Å². The minimum Gasteiger partial charge on any atom is -0.484 e. The monoisotopic (exact) mass is 445 g/mol. The highest BCUT2D eigenvalue weighted by atomic mass is 16.5. The van der Waals surface area contributed by atoms with Gasteiger partial charge in [-0.3, -0.25) is 9.59 Å². The Morgan fingerprint density at radius 1 is 0.879 bits per heavy atom. The van der Waals surface area contributed by atoms with Crippen molar-refractivity contribution < 1.29 is 19.4 Å². The molecule has 1 atom stereocenters. The summed E-state index contributed by atoms with van der Waals surface area (Å²) in [7, 11) is 0. The number of carboxylic acid groups (broad SMARTS) is 1. The van der Waals surface area contributed by atoms with Crippen LogP contribution in [-0.2, 0) is 9.59 Å². The van der Waals surface area contributed by atoms with Crippen LogP contribution in [0, 0.1) is 0 Å². The summed E-state index contributed by atoms with van der Waals surface area (Å²) >= 11 is 0. The summed E-state index contributed by atoms with van der Waals surface area (Å²) in [5.74, 6) is -0.518. The van der Waals surface area contributed by atoms with Gasteiger partial charge in [-0.15, -0.1) is 0 Å². The highest BCUT2D eigenvalue weighted by Gasteiger charge is 2.18. The van der Waals surface area contributed by atoms with Gasteiger partial charge in [-0.1, -0.05) is 80.3 Å². The number of carboxylic acids is 1. The van der Waals surface area contributed by atoms with Crippen molar-refractivity contribution in [2.75, 3.05) is 6.61 Å². The maximum absolute atomic E-state index is 12.4. The molecule has 0 spiro atoms. The van der Waals surface area contributed by atoms with Gasteiger partial charge in [-0.25, -0.2) is 0 Å². The number of hydrogen-bond donors (Lipinski definition) is 2. The van der Waals surface area contributed by atoms with Crippen LogP contribution in [-0.4, -0.2) is 29.6 Å². The SMILES string of the molecule is O=C(O)CC(c1ccccc1)c1ccc2ccc(OCC(=O)NC3CCCCCC3)cc2c1. The summed E-state index contributed by atoms with van der Waals surface area (Å²) in [4.78, 5) is 23.9. The van der Waals surface area contributed by atoms with E-state index < -0.39 is 5.97 Å². The van der Waals surface area contributed by atoms with E-state index in [2.05, 4.69) is 5.32 Å². The lowest BCUT2D eigenvalue weighted by molar-refractivity contribution is -0.137. The first-order valence-electron chi connectivity index (χ1n) is 11.8. The molecule has 1 unspecified atom stereocenters. The highest BCUT2D eigenvalue weighted by Crippen LogP contribution is 2.31. The van der Waals surface area contributed by atoms with Gasteiger partial charge in [0.05, 0.1) is 6.42 Å². The quantitative estimate of drug-likeness (QED) is 0.439. The van der Waals surface area contributed by atoms with Gasteiger partial charge >= 0.3 is 5.97 Å². The predicted octanol–water partition coefficient (Wildman–Crippen LogP) is 5.66. The van der Waals surface area contributed by atoms with E-state index in [9.17, 15) is 14.7 Å². The van der Waals surface area contributed by atoms with Crippen molar-refractivity contribution in [2.45, 2.75) is 56.9 Å². The van der Waals surface area contributed by atoms with E-state index >= 15 is 0 Å². The third kappa shape index (κ3) is 6.35. The molecular weight excluding hydrogens is 414 g/mol. The average Bonchev–Trinajstić information content (AvgIpc) is 3.10. The fourth-order valence-electron chi connectivity index (χ4n) is 4.68. The smallest absolute Gasteiger partial charge is 0.304 e. The van der Waals surface area contributed by atoms with E-state index in [4.69, 9.17) is 4.74 Å². The fraction of sp³-hybridized carbons (Fsp3) is 0.357. The second-order valence-corrected chi connectivity index (χ2v) is 8.87. The number of ether oxygens (including phenoxy) is 1. The second-order valence-electron chi connectivity index (χ2n) is 8.87. The Kier molecular flexibility index (Phi) is 7.61. The zero-order valence-corrected chi connectivity index (χ0v) is 18.8. The molecule has 1 fully saturated rings. The standard InChI is InChI=1S/C28H31NO4/c30-27(29-24-10-6-1-2-7-11-24)19-33-25-15-14-20-12-13-22(16-23(20)17-25)26(18-28(31)32)21-8-4-3-5-9-21/h3-5,8-9,12-17,24,26H,1-2,6-7,10-11,18-19H2,(H,29,30)(H,31,32). The first-order valence-corrected chi connectivity index (χ1v) is 11.8. The van der Waals surface area contributed by atoms with Gasteiger partial charge < -0.3 is 15.2 Å². The minimum atomic E-state index is -0.833. The van der Waals surface area contributed by atoms with Crippen LogP contribution in [0.3, 0.4) is 0 Å².